The number of aromatic hydroxyl groups is 3. The van der Waals surface area contributed by atoms with Gasteiger partial charge >= 0.3 is 0 Å². The van der Waals surface area contributed by atoms with Crippen molar-refractivity contribution in [2.24, 2.45) is 0 Å². The number of aliphatic hydroxyl groups is 4. The van der Waals surface area contributed by atoms with Crippen LogP contribution in [-0.4, -0.2) is 91.6 Å². The molecule has 0 radical (unpaired) electrons. The highest BCUT2D eigenvalue weighted by Crippen LogP contribution is 2.51. The van der Waals surface area contributed by atoms with Crippen LogP contribution in [0.2, 0.25) is 0 Å². The lowest BCUT2D eigenvalue weighted by Gasteiger charge is -2.47. The van der Waals surface area contributed by atoms with Crippen molar-refractivity contribution < 1.29 is 50.0 Å². The van der Waals surface area contributed by atoms with Crippen molar-refractivity contribution in [1.29, 1.82) is 0 Å². The molecule has 11 nitrogen and oxygen atoms in total. The Morgan fingerprint density at radius 2 is 1.67 bits per heavy atom. The summed E-state index contributed by atoms with van der Waals surface area (Å²) in [5, 5.41) is 72.3. The van der Waals surface area contributed by atoms with Crippen LogP contribution in [0.15, 0.2) is 48.5 Å². The lowest BCUT2D eigenvalue weighted by Crippen LogP contribution is -2.60. The van der Waals surface area contributed by atoms with Crippen LogP contribution in [-0.2, 0) is 24.0 Å². The maximum atomic E-state index is 11.6. The number of phenols is 3. The maximum Gasteiger partial charge on any atom is 0.229 e. The van der Waals surface area contributed by atoms with Gasteiger partial charge < -0.3 is 50.0 Å². The first-order valence-electron chi connectivity index (χ1n) is 14.0. The van der Waals surface area contributed by atoms with Crippen LogP contribution in [0.1, 0.15) is 39.9 Å². The third-order valence-corrected chi connectivity index (χ3v) is 8.71. The first-order valence-corrected chi connectivity index (χ1v) is 14.0. The molecule has 7 atom stereocenters. The van der Waals surface area contributed by atoms with E-state index in [4.69, 9.17) is 14.2 Å². The minimum Gasteiger partial charge on any atom is -0.508 e. The number of hydrogen-bond acceptors (Lipinski definition) is 11. The minimum atomic E-state index is -1.62. The molecule has 7 N–H and O–H groups in total. The smallest absolute Gasteiger partial charge is 0.229 e. The number of ether oxygens (including phenoxy) is 3. The fourth-order valence-corrected chi connectivity index (χ4v) is 6.52. The second kappa shape index (κ2) is 11.3. The monoisotopic (exact) mass is 581 g/mol. The molecule has 0 aromatic heterocycles. The van der Waals surface area contributed by atoms with Gasteiger partial charge in [0.05, 0.1) is 13.7 Å². The fraction of sp³-hybridized carbons (Fsp3) is 0.419. The first-order chi connectivity index (χ1) is 20.2. The standard InChI is InChI=1S/C31H35NO10/c1-40-24-13-19-16(12-22(24)35)8-9-32-20(19)11-17-4-7-23(41-31-30(39)29(38)28(37)25(14-33)42-31)27(36)26(17)21(32)10-15-2-5-18(34)6-3-15/h2-7,12-13,20-21,25,28-31,33-39H,8-11,14H2,1H3/t20?,21?,25-,28-,29+,30-,31-/m1/s1. The van der Waals surface area contributed by atoms with Gasteiger partial charge in [-0.1, -0.05) is 18.2 Å². The first kappa shape index (κ1) is 28.5. The topological polar surface area (TPSA) is 173 Å². The summed E-state index contributed by atoms with van der Waals surface area (Å²) in [4.78, 5) is 2.31. The molecule has 0 saturated carbocycles. The number of benzene rings is 3. The van der Waals surface area contributed by atoms with Gasteiger partial charge in [0.1, 0.15) is 30.2 Å². The lowest BCUT2D eigenvalue weighted by molar-refractivity contribution is -0.277. The van der Waals surface area contributed by atoms with Gasteiger partial charge in [0.25, 0.3) is 0 Å². The molecule has 0 aliphatic carbocycles. The number of methoxy groups -OCH3 is 1. The van der Waals surface area contributed by atoms with Gasteiger partial charge in [-0.3, -0.25) is 4.90 Å². The van der Waals surface area contributed by atoms with E-state index in [9.17, 15) is 35.7 Å². The normalized spacial score (nSPS) is 28.8. The Balaban J connectivity index is 1.40. The lowest BCUT2D eigenvalue weighted by atomic mass is 9.78. The summed E-state index contributed by atoms with van der Waals surface area (Å²) in [6.45, 7) is 0.0545. The second-order valence-electron chi connectivity index (χ2n) is 11.1. The van der Waals surface area contributed by atoms with Gasteiger partial charge in [-0.15, -0.1) is 0 Å². The van der Waals surface area contributed by atoms with E-state index >= 15 is 0 Å². The molecule has 3 aliphatic heterocycles. The van der Waals surface area contributed by atoms with E-state index in [1.165, 1.54) is 7.11 Å². The highest BCUT2D eigenvalue weighted by atomic mass is 16.7. The Labute approximate surface area is 242 Å². The van der Waals surface area contributed by atoms with E-state index < -0.39 is 37.3 Å². The molecule has 6 rings (SSSR count). The van der Waals surface area contributed by atoms with Crippen LogP contribution in [0.25, 0.3) is 0 Å². The van der Waals surface area contributed by atoms with Crippen LogP contribution < -0.4 is 9.47 Å². The van der Waals surface area contributed by atoms with Gasteiger partial charge in [0.15, 0.2) is 23.0 Å². The van der Waals surface area contributed by atoms with E-state index in [0.717, 1.165) is 22.3 Å². The molecular formula is C31H35NO10. The van der Waals surface area contributed by atoms with Crippen molar-refractivity contribution in [1.82, 2.24) is 4.90 Å². The molecule has 3 aromatic rings. The van der Waals surface area contributed by atoms with Crippen LogP contribution in [0, 0.1) is 0 Å². The minimum absolute atomic E-state index is 0.0243. The highest BCUT2D eigenvalue weighted by molar-refractivity contribution is 5.56. The molecule has 0 spiro atoms. The van der Waals surface area contributed by atoms with Gasteiger partial charge in [-0.25, -0.2) is 0 Å². The summed E-state index contributed by atoms with van der Waals surface area (Å²) >= 11 is 0. The molecular weight excluding hydrogens is 546 g/mol. The molecule has 224 valence electrons. The van der Waals surface area contributed by atoms with Crippen molar-refractivity contribution >= 4 is 0 Å². The fourth-order valence-electron chi connectivity index (χ4n) is 6.52. The Morgan fingerprint density at radius 3 is 2.38 bits per heavy atom. The van der Waals surface area contributed by atoms with Crippen LogP contribution >= 0.6 is 0 Å². The summed E-state index contributed by atoms with van der Waals surface area (Å²) in [7, 11) is 1.51. The number of fused-ring (bicyclic) bond motifs is 4. The van der Waals surface area contributed by atoms with E-state index in [-0.39, 0.29) is 35.1 Å². The van der Waals surface area contributed by atoms with E-state index in [1.54, 1.807) is 24.3 Å². The van der Waals surface area contributed by atoms with Crippen molar-refractivity contribution in [3.8, 4) is 28.7 Å². The summed E-state index contributed by atoms with van der Waals surface area (Å²) in [6, 6.07) is 13.6. The molecule has 42 heavy (non-hydrogen) atoms. The SMILES string of the molecule is COc1cc2c(cc1O)CCN1C2Cc2ccc(O[C@@H]3O[C@H](CO)[C@@H](O)[C@H](O)[C@H]3O)c(O)c2C1Cc1ccc(O)cc1. The number of hydrogen-bond donors (Lipinski definition) is 7. The zero-order valence-corrected chi connectivity index (χ0v) is 23.0. The predicted octanol–water partition coefficient (Wildman–Crippen LogP) is 1.43. The average molecular weight is 582 g/mol. The van der Waals surface area contributed by atoms with Crippen molar-refractivity contribution in [3.05, 3.63) is 76.3 Å². The van der Waals surface area contributed by atoms with Crippen LogP contribution in [0.5, 0.6) is 28.7 Å². The average Bonchev–Trinajstić information content (AvgIpc) is 2.99. The number of rotatable bonds is 6. The van der Waals surface area contributed by atoms with Gasteiger partial charge in [-0.05, 0) is 71.8 Å². The Bertz CT molecular complexity index is 1440. The maximum absolute atomic E-state index is 11.6. The molecule has 1 saturated heterocycles. The van der Waals surface area contributed by atoms with Gasteiger partial charge in [-0.2, -0.15) is 0 Å². The Kier molecular flexibility index (Phi) is 7.64. The highest BCUT2D eigenvalue weighted by Gasteiger charge is 2.46. The van der Waals surface area contributed by atoms with E-state index in [0.29, 0.717) is 37.1 Å². The third-order valence-electron chi connectivity index (χ3n) is 8.71. The summed E-state index contributed by atoms with van der Waals surface area (Å²) in [5.41, 5.74) is 4.55. The zero-order valence-electron chi connectivity index (χ0n) is 23.0. The number of nitrogens with zero attached hydrogens (tertiary/aromatic N) is 1. The van der Waals surface area contributed by atoms with Crippen LogP contribution in [0.4, 0.5) is 0 Å². The molecule has 0 bridgehead atoms. The number of phenolic OH excluding ortho intramolecular Hbond substituents is 3. The number of aliphatic hydroxyl groups excluding tert-OH is 4. The van der Waals surface area contributed by atoms with Crippen molar-refractivity contribution in [2.75, 3.05) is 20.3 Å². The molecule has 2 unspecified atom stereocenters. The zero-order chi connectivity index (χ0) is 29.7. The molecule has 3 aromatic carbocycles. The molecule has 3 heterocycles. The van der Waals surface area contributed by atoms with E-state index in [1.807, 2.05) is 24.3 Å². The molecule has 1 fully saturated rings. The predicted molar refractivity (Wildman–Crippen MR) is 149 cm³/mol. The summed E-state index contributed by atoms with van der Waals surface area (Å²) < 4.78 is 16.8. The molecule has 11 heteroatoms. The Morgan fingerprint density at radius 1 is 0.905 bits per heavy atom. The molecule has 0 amide bonds. The van der Waals surface area contributed by atoms with Crippen molar-refractivity contribution in [2.45, 2.75) is 62.1 Å². The summed E-state index contributed by atoms with van der Waals surface area (Å²) in [6.07, 6.45) is -5.63. The quantitative estimate of drug-likeness (QED) is 0.225. The van der Waals surface area contributed by atoms with Crippen molar-refractivity contribution in [3.63, 3.8) is 0 Å². The van der Waals surface area contributed by atoms with Gasteiger partial charge in [0, 0.05) is 24.2 Å². The van der Waals surface area contributed by atoms with Crippen LogP contribution in [0.3, 0.4) is 0 Å². The second-order valence-corrected chi connectivity index (χ2v) is 11.1. The van der Waals surface area contributed by atoms with Gasteiger partial charge in [0.2, 0.25) is 6.29 Å². The Hall–Kier alpha value is -3.58. The summed E-state index contributed by atoms with van der Waals surface area (Å²) in [5.74, 6) is 0.520. The van der Waals surface area contributed by atoms with E-state index in [2.05, 4.69) is 4.90 Å². The largest absolute Gasteiger partial charge is 0.508 e. The third kappa shape index (κ3) is 4.91. The molecule has 3 aliphatic rings.